The second kappa shape index (κ2) is 8.94. The number of aromatic nitrogens is 4. The van der Waals surface area contributed by atoms with E-state index in [2.05, 4.69) is 30.4 Å². The quantitative estimate of drug-likeness (QED) is 0.329. The summed E-state index contributed by atoms with van der Waals surface area (Å²) in [6.07, 6.45) is -4.72. The summed E-state index contributed by atoms with van der Waals surface area (Å²) in [5.41, 5.74) is 1.40. The lowest BCUT2D eigenvalue weighted by Crippen LogP contribution is -2.16. The van der Waals surface area contributed by atoms with Gasteiger partial charge in [-0.25, -0.2) is 0 Å². The molecule has 2 aromatic heterocycles. The molecule has 4 rings (SSSR count). The van der Waals surface area contributed by atoms with E-state index in [9.17, 15) is 13.2 Å². The Morgan fingerprint density at radius 1 is 1.00 bits per heavy atom. The van der Waals surface area contributed by atoms with Crippen molar-refractivity contribution in [3.8, 4) is 17.2 Å². The lowest BCUT2D eigenvalue weighted by Gasteiger charge is -2.09. The molecule has 0 amide bonds. The van der Waals surface area contributed by atoms with Gasteiger partial charge in [0.05, 0.1) is 5.25 Å². The van der Waals surface area contributed by atoms with E-state index >= 15 is 0 Å². The standard InChI is InChI=1S/C19H14F3N5O2S2/c1-11(15-24-25-16(28-15)12-5-3-2-4-6-12)30-18-27-26-17(31-18)23-13-7-9-14(10-8-13)29-19(20,21)22/h2-11H,1H3,(H,23,26). The van der Waals surface area contributed by atoms with Gasteiger partial charge in [-0.1, -0.05) is 41.3 Å². The van der Waals surface area contributed by atoms with E-state index in [0.717, 1.165) is 5.56 Å². The molecule has 0 spiro atoms. The lowest BCUT2D eigenvalue weighted by molar-refractivity contribution is -0.274. The second-order valence-corrected chi connectivity index (χ2v) is 8.71. The second-order valence-electron chi connectivity index (χ2n) is 6.14. The highest BCUT2D eigenvalue weighted by atomic mass is 32.2. The molecule has 12 heteroatoms. The molecule has 2 heterocycles. The number of nitrogens with zero attached hydrogens (tertiary/aromatic N) is 4. The first kappa shape index (κ1) is 21.1. The van der Waals surface area contributed by atoms with Crippen LogP contribution in [-0.4, -0.2) is 26.8 Å². The third-order valence-corrected chi connectivity index (χ3v) is 5.84. The van der Waals surface area contributed by atoms with Gasteiger partial charge in [-0.2, -0.15) is 0 Å². The molecule has 0 aliphatic rings. The Morgan fingerprint density at radius 2 is 1.74 bits per heavy atom. The number of hydrogen-bond acceptors (Lipinski definition) is 9. The van der Waals surface area contributed by atoms with E-state index in [-0.39, 0.29) is 11.0 Å². The SMILES string of the molecule is CC(Sc1nnc(Nc2ccc(OC(F)(F)F)cc2)s1)c1nnc(-c2ccccc2)o1. The van der Waals surface area contributed by atoms with Gasteiger partial charge in [-0.15, -0.1) is 33.6 Å². The van der Waals surface area contributed by atoms with Crippen LogP contribution in [0.15, 0.2) is 63.4 Å². The van der Waals surface area contributed by atoms with Gasteiger partial charge in [0.2, 0.25) is 16.9 Å². The Labute approximate surface area is 182 Å². The number of benzene rings is 2. The van der Waals surface area contributed by atoms with Gasteiger partial charge < -0.3 is 14.5 Å². The Bertz CT molecular complexity index is 1130. The number of nitrogens with one attached hydrogen (secondary N) is 1. The van der Waals surface area contributed by atoms with Crippen molar-refractivity contribution in [3.05, 3.63) is 60.5 Å². The fourth-order valence-corrected chi connectivity index (χ4v) is 4.42. The zero-order chi connectivity index (χ0) is 21.8. The minimum Gasteiger partial charge on any atom is -0.419 e. The maximum atomic E-state index is 12.2. The Hall–Kier alpha value is -3.12. The molecule has 0 aliphatic heterocycles. The van der Waals surface area contributed by atoms with Gasteiger partial charge in [0, 0.05) is 11.3 Å². The first-order valence-electron chi connectivity index (χ1n) is 8.87. The molecule has 0 radical (unpaired) electrons. The molecule has 1 atom stereocenters. The van der Waals surface area contributed by atoms with Crippen molar-refractivity contribution in [1.82, 2.24) is 20.4 Å². The number of anilines is 2. The van der Waals surface area contributed by atoms with Crippen molar-refractivity contribution in [1.29, 1.82) is 0 Å². The monoisotopic (exact) mass is 465 g/mol. The highest BCUT2D eigenvalue weighted by Crippen LogP contribution is 2.38. The molecule has 7 nitrogen and oxygen atoms in total. The molecule has 1 unspecified atom stereocenters. The van der Waals surface area contributed by atoms with Crippen molar-refractivity contribution in [2.24, 2.45) is 0 Å². The summed E-state index contributed by atoms with van der Waals surface area (Å²) in [5, 5.41) is 19.7. The Morgan fingerprint density at radius 3 is 2.45 bits per heavy atom. The third-order valence-electron chi connectivity index (χ3n) is 3.83. The predicted octanol–water partition coefficient (Wildman–Crippen LogP) is 6.08. The van der Waals surface area contributed by atoms with Crippen molar-refractivity contribution in [2.45, 2.75) is 22.9 Å². The van der Waals surface area contributed by atoms with Crippen LogP contribution in [-0.2, 0) is 0 Å². The molecule has 160 valence electrons. The molecule has 0 saturated heterocycles. The maximum absolute atomic E-state index is 12.2. The molecule has 0 aliphatic carbocycles. The summed E-state index contributed by atoms with van der Waals surface area (Å²) in [6.45, 7) is 1.92. The summed E-state index contributed by atoms with van der Waals surface area (Å²) in [4.78, 5) is 0. The highest BCUT2D eigenvalue weighted by molar-refractivity contribution is 8.01. The van der Waals surface area contributed by atoms with Crippen LogP contribution in [0.2, 0.25) is 0 Å². The van der Waals surface area contributed by atoms with E-state index in [0.29, 0.717) is 26.9 Å². The average molecular weight is 465 g/mol. The van der Waals surface area contributed by atoms with E-state index in [1.54, 1.807) is 0 Å². The fourth-order valence-electron chi connectivity index (χ4n) is 2.47. The van der Waals surface area contributed by atoms with Gasteiger partial charge in [-0.3, -0.25) is 0 Å². The first-order valence-corrected chi connectivity index (χ1v) is 10.6. The number of thioether (sulfide) groups is 1. The smallest absolute Gasteiger partial charge is 0.419 e. The van der Waals surface area contributed by atoms with Crippen LogP contribution >= 0.6 is 23.1 Å². The minimum atomic E-state index is -4.72. The molecule has 4 aromatic rings. The lowest BCUT2D eigenvalue weighted by atomic mass is 10.2. The topological polar surface area (TPSA) is 86.0 Å². The molecular formula is C19H14F3N5O2S2. The van der Waals surface area contributed by atoms with E-state index < -0.39 is 6.36 Å². The van der Waals surface area contributed by atoms with Crippen LogP contribution in [0.25, 0.3) is 11.5 Å². The minimum absolute atomic E-state index is 0.149. The predicted molar refractivity (Wildman–Crippen MR) is 110 cm³/mol. The number of hydrogen-bond donors (Lipinski definition) is 1. The van der Waals surface area contributed by atoms with Gasteiger partial charge in [0.15, 0.2) is 4.34 Å². The van der Waals surface area contributed by atoms with Crippen molar-refractivity contribution in [3.63, 3.8) is 0 Å². The van der Waals surface area contributed by atoms with Gasteiger partial charge >= 0.3 is 6.36 Å². The molecule has 0 saturated carbocycles. The van der Waals surface area contributed by atoms with E-state index in [4.69, 9.17) is 4.42 Å². The van der Waals surface area contributed by atoms with E-state index in [1.807, 2.05) is 37.3 Å². The summed E-state index contributed by atoms with van der Waals surface area (Å²) < 4.78 is 47.0. The summed E-state index contributed by atoms with van der Waals surface area (Å²) in [5.74, 6) is 0.615. The fraction of sp³-hybridized carbons (Fsp3) is 0.158. The van der Waals surface area contributed by atoms with E-state index in [1.165, 1.54) is 47.4 Å². The van der Waals surface area contributed by atoms with Crippen molar-refractivity contribution in [2.75, 3.05) is 5.32 Å². The Kier molecular flexibility index (Phi) is 6.09. The highest BCUT2D eigenvalue weighted by Gasteiger charge is 2.31. The number of alkyl halides is 3. The van der Waals surface area contributed by atoms with Crippen LogP contribution in [0.4, 0.5) is 24.0 Å². The molecule has 31 heavy (non-hydrogen) atoms. The zero-order valence-corrected chi connectivity index (χ0v) is 17.5. The first-order chi connectivity index (χ1) is 14.9. The Balaban J connectivity index is 1.36. The molecule has 2 aromatic carbocycles. The summed E-state index contributed by atoms with van der Waals surface area (Å²) in [7, 11) is 0. The van der Waals surface area contributed by atoms with Gasteiger partial charge in [0.1, 0.15) is 5.75 Å². The number of rotatable bonds is 7. The third kappa shape index (κ3) is 5.73. The average Bonchev–Trinajstić information content (AvgIpc) is 3.39. The number of halogens is 3. The van der Waals surface area contributed by atoms with Gasteiger partial charge in [-0.05, 0) is 43.3 Å². The maximum Gasteiger partial charge on any atom is 0.573 e. The molecule has 0 fully saturated rings. The largest absolute Gasteiger partial charge is 0.573 e. The zero-order valence-electron chi connectivity index (χ0n) is 15.8. The molecule has 0 bridgehead atoms. The summed E-state index contributed by atoms with van der Waals surface area (Å²) >= 11 is 2.71. The van der Waals surface area contributed by atoms with Crippen LogP contribution < -0.4 is 10.1 Å². The number of ether oxygens (including phenoxy) is 1. The van der Waals surface area contributed by atoms with Crippen LogP contribution in [0, 0.1) is 0 Å². The van der Waals surface area contributed by atoms with Crippen LogP contribution in [0.1, 0.15) is 18.1 Å². The summed E-state index contributed by atoms with van der Waals surface area (Å²) in [6, 6.07) is 14.8. The van der Waals surface area contributed by atoms with Gasteiger partial charge in [0.25, 0.3) is 0 Å². The van der Waals surface area contributed by atoms with Crippen LogP contribution in [0.5, 0.6) is 5.75 Å². The van der Waals surface area contributed by atoms with Crippen molar-refractivity contribution < 1.29 is 22.3 Å². The van der Waals surface area contributed by atoms with Crippen molar-refractivity contribution >= 4 is 33.9 Å². The molecule has 1 N–H and O–H groups in total. The normalized spacial score (nSPS) is 12.5. The van der Waals surface area contributed by atoms with Crippen LogP contribution in [0.3, 0.4) is 0 Å². The molecular weight excluding hydrogens is 451 g/mol.